The van der Waals surface area contributed by atoms with Crippen LogP contribution in [0, 0.1) is 23.7 Å². The Balaban J connectivity index is 1.24. The first-order chi connectivity index (χ1) is 21.5. The normalized spacial score (nSPS) is 24.5. The van der Waals surface area contributed by atoms with Crippen LogP contribution < -0.4 is 5.73 Å². The predicted molar refractivity (Wildman–Crippen MR) is 167 cm³/mol. The lowest BCUT2D eigenvalue weighted by Gasteiger charge is -2.36. The van der Waals surface area contributed by atoms with Crippen molar-refractivity contribution in [2.24, 2.45) is 29.4 Å². The highest BCUT2D eigenvalue weighted by Gasteiger charge is 2.46. The first kappa shape index (κ1) is 32.6. The number of esters is 1. The number of carbonyl (C=O) groups excluding carboxylic acids is 3. The minimum absolute atomic E-state index is 0.00171. The van der Waals surface area contributed by atoms with Gasteiger partial charge >= 0.3 is 5.97 Å². The third-order valence-electron chi connectivity index (χ3n) is 10.1. The van der Waals surface area contributed by atoms with E-state index in [1.807, 2.05) is 23.1 Å². The Labute approximate surface area is 261 Å². The maximum atomic E-state index is 14.1. The van der Waals surface area contributed by atoms with Crippen molar-refractivity contribution in [3.63, 3.8) is 0 Å². The standard InChI is InChI=1S/C35H50N2O7/c1-41-18-19-42-16-5-17-43-35(40)32-22-28-20-25(10-13-31(28)44-32)21-30(38)33-29(26-6-3-2-4-7-26)14-15-37(33)34(39)27-11-8-24(23-36)9-12-27/h10,13,20,22,24,26-27,29,33H,2-9,11-12,14-19,21,23,36H2,1H3/t24?,27?,29-,33-/m0/s1. The van der Waals surface area contributed by atoms with E-state index < -0.39 is 5.97 Å². The van der Waals surface area contributed by atoms with E-state index in [0.29, 0.717) is 56.7 Å². The van der Waals surface area contributed by atoms with Gasteiger partial charge in [0.15, 0.2) is 5.78 Å². The highest BCUT2D eigenvalue weighted by molar-refractivity contribution is 5.94. The van der Waals surface area contributed by atoms with E-state index in [1.165, 1.54) is 19.3 Å². The van der Waals surface area contributed by atoms with E-state index in [1.54, 1.807) is 13.2 Å². The third-order valence-corrected chi connectivity index (χ3v) is 10.1. The zero-order chi connectivity index (χ0) is 30.9. The summed E-state index contributed by atoms with van der Waals surface area (Å²) in [5.41, 5.74) is 7.33. The van der Waals surface area contributed by atoms with Crippen LogP contribution in [0.25, 0.3) is 11.0 Å². The fourth-order valence-corrected chi connectivity index (χ4v) is 7.66. The number of fused-ring (bicyclic) bond motifs is 1. The van der Waals surface area contributed by atoms with Crippen LogP contribution >= 0.6 is 0 Å². The lowest BCUT2D eigenvalue weighted by molar-refractivity contribution is -0.143. The Bertz CT molecular complexity index is 1240. The van der Waals surface area contributed by atoms with Crippen molar-refractivity contribution >= 4 is 28.6 Å². The van der Waals surface area contributed by atoms with Gasteiger partial charge in [0.1, 0.15) is 5.58 Å². The number of amides is 1. The Morgan fingerprint density at radius 2 is 1.73 bits per heavy atom. The van der Waals surface area contributed by atoms with Crippen molar-refractivity contribution in [3.05, 3.63) is 35.6 Å². The number of hydrogen-bond acceptors (Lipinski definition) is 8. The average Bonchev–Trinajstić information content (AvgIpc) is 3.69. The number of rotatable bonds is 14. The number of methoxy groups -OCH3 is 1. The molecule has 2 saturated carbocycles. The summed E-state index contributed by atoms with van der Waals surface area (Å²) in [6.45, 7) is 3.11. The summed E-state index contributed by atoms with van der Waals surface area (Å²) in [5.74, 6) is 1.16. The van der Waals surface area contributed by atoms with Gasteiger partial charge in [0.05, 0.1) is 25.9 Å². The largest absolute Gasteiger partial charge is 0.460 e. The van der Waals surface area contributed by atoms with Crippen LogP contribution in [0.1, 0.15) is 86.7 Å². The summed E-state index contributed by atoms with van der Waals surface area (Å²) >= 11 is 0. The topological polar surface area (TPSA) is 121 Å². The molecule has 2 N–H and O–H groups in total. The lowest BCUT2D eigenvalue weighted by atomic mass is 9.75. The molecule has 2 atom stereocenters. The van der Waals surface area contributed by atoms with Crippen molar-refractivity contribution in [2.75, 3.05) is 46.6 Å². The molecule has 3 aliphatic rings. The molecule has 1 amide bonds. The summed E-state index contributed by atoms with van der Waals surface area (Å²) in [7, 11) is 1.62. The van der Waals surface area contributed by atoms with E-state index >= 15 is 0 Å². The van der Waals surface area contributed by atoms with Crippen molar-refractivity contribution < 1.29 is 33.0 Å². The zero-order valence-electron chi connectivity index (χ0n) is 26.3. The van der Waals surface area contributed by atoms with Gasteiger partial charge in [-0.15, -0.1) is 0 Å². The van der Waals surface area contributed by atoms with Gasteiger partial charge in [0.25, 0.3) is 0 Å². The van der Waals surface area contributed by atoms with Gasteiger partial charge in [-0.25, -0.2) is 4.79 Å². The Morgan fingerprint density at radius 1 is 0.932 bits per heavy atom. The monoisotopic (exact) mass is 610 g/mol. The molecule has 1 saturated heterocycles. The van der Waals surface area contributed by atoms with E-state index in [2.05, 4.69) is 0 Å². The van der Waals surface area contributed by atoms with Crippen LogP contribution in [0.3, 0.4) is 0 Å². The minimum atomic E-state index is -0.522. The number of ketones is 1. The molecule has 0 unspecified atom stereocenters. The number of benzene rings is 1. The predicted octanol–water partition coefficient (Wildman–Crippen LogP) is 5.32. The van der Waals surface area contributed by atoms with Gasteiger partial charge in [0.2, 0.25) is 11.7 Å². The summed E-state index contributed by atoms with van der Waals surface area (Å²) in [6, 6.07) is 6.93. The highest BCUT2D eigenvalue weighted by atomic mass is 16.5. The second-order valence-corrected chi connectivity index (χ2v) is 13.0. The fraction of sp³-hybridized carbons (Fsp3) is 0.686. The van der Waals surface area contributed by atoms with Crippen molar-refractivity contribution in [3.8, 4) is 0 Å². The van der Waals surface area contributed by atoms with Crippen LogP contribution in [-0.2, 0) is 30.2 Å². The summed E-state index contributed by atoms with van der Waals surface area (Å²) in [4.78, 5) is 42.5. The third kappa shape index (κ3) is 8.09. The Kier molecular flexibility index (Phi) is 11.9. The number of carbonyl (C=O) groups is 3. The number of ether oxygens (including phenoxy) is 3. The van der Waals surface area contributed by atoms with Gasteiger partial charge in [-0.1, -0.05) is 38.2 Å². The Hall–Kier alpha value is -2.75. The molecule has 2 aliphatic carbocycles. The summed E-state index contributed by atoms with van der Waals surface area (Å²) in [6.07, 6.45) is 11.5. The average molecular weight is 611 g/mol. The zero-order valence-corrected chi connectivity index (χ0v) is 26.3. The van der Waals surface area contributed by atoms with Gasteiger partial charge in [0, 0.05) is 44.4 Å². The molecule has 44 heavy (non-hydrogen) atoms. The fourth-order valence-electron chi connectivity index (χ4n) is 7.66. The molecule has 1 aromatic carbocycles. The minimum Gasteiger partial charge on any atom is -0.460 e. The SMILES string of the molecule is COCCOCCCOC(=O)c1cc2cc(CC(=O)[C@@H]3[C@H](C4CCCCC4)CCN3C(=O)C3CCC(CN)CC3)ccc2o1. The molecular weight excluding hydrogens is 560 g/mol. The Morgan fingerprint density at radius 3 is 2.48 bits per heavy atom. The van der Waals surface area contributed by atoms with Gasteiger partial charge < -0.3 is 29.3 Å². The number of hydrogen-bond donors (Lipinski definition) is 1. The maximum absolute atomic E-state index is 14.1. The number of Topliss-reactive ketones (excluding diaryl/α,β-unsaturated/α-hetero) is 1. The van der Waals surface area contributed by atoms with Crippen molar-refractivity contribution in [2.45, 2.75) is 83.1 Å². The van der Waals surface area contributed by atoms with Crippen molar-refractivity contribution in [1.82, 2.24) is 4.90 Å². The van der Waals surface area contributed by atoms with E-state index in [4.69, 9.17) is 24.4 Å². The second-order valence-electron chi connectivity index (χ2n) is 13.0. The molecule has 9 nitrogen and oxygen atoms in total. The molecule has 9 heteroatoms. The lowest BCUT2D eigenvalue weighted by Crippen LogP contribution is -2.48. The first-order valence-corrected chi connectivity index (χ1v) is 16.8. The summed E-state index contributed by atoms with van der Waals surface area (Å²) in [5, 5.41) is 0.755. The van der Waals surface area contributed by atoms with Crippen LogP contribution in [0.2, 0.25) is 0 Å². The maximum Gasteiger partial charge on any atom is 0.374 e. The van der Waals surface area contributed by atoms with Crippen LogP contribution in [-0.4, -0.2) is 75.2 Å². The molecule has 5 rings (SSSR count). The molecule has 1 aliphatic heterocycles. The molecule has 3 fully saturated rings. The molecule has 0 radical (unpaired) electrons. The van der Waals surface area contributed by atoms with E-state index in [0.717, 1.165) is 55.9 Å². The molecule has 0 bridgehead atoms. The number of nitrogens with two attached hydrogens (primary N) is 1. The quantitative estimate of drug-likeness (QED) is 0.226. The molecule has 242 valence electrons. The van der Waals surface area contributed by atoms with Crippen molar-refractivity contribution in [1.29, 1.82) is 0 Å². The molecular formula is C35H50N2O7. The number of likely N-dealkylation sites (tertiary alicyclic amines) is 1. The highest BCUT2D eigenvalue weighted by Crippen LogP contribution is 2.41. The van der Waals surface area contributed by atoms with Crippen LogP contribution in [0.5, 0.6) is 0 Å². The number of nitrogens with zero attached hydrogens (tertiary/aromatic N) is 1. The molecule has 2 heterocycles. The van der Waals surface area contributed by atoms with Gasteiger partial charge in [-0.05, 0) is 80.2 Å². The molecule has 1 aromatic heterocycles. The van der Waals surface area contributed by atoms with Crippen LogP contribution in [0.4, 0.5) is 0 Å². The first-order valence-electron chi connectivity index (χ1n) is 16.8. The van der Waals surface area contributed by atoms with Gasteiger partial charge in [-0.3, -0.25) is 9.59 Å². The van der Waals surface area contributed by atoms with Crippen LogP contribution in [0.15, 0.2) is 28.7 Å². The van der Waals surface area contributed by atoms with E-state index in [-0.39, 0.29) is 48.4 Å². The summed E-state index contributed by atoms with van der Waals surface area (Å²) < 4.78 is 21.4. The van der Waals surface area contributed by atoms with Gasteiger partial charge in [-0.2, -0.15) is 0 Å². The smallest absolute Gasteiger partial charge is 0.374 e. The molecule has 0 spiro atoms. The molecule has 2 aromatic rings. The second kappa shape index (κ2) is 16.0. The number of furan rings is 1. The van der Waals surface area contributed by atoms with E-state index in [9.17, 15) is 14.4 Å².